The van der Waals surface area contributed by atoms with Gasteiger partial charge in [0, 0.05) is 23.5 Å². The molecule has 41 heavy (non-hydrogen) atoms. The Morgan fingerprint density at radius 2 is 1.90 bits per heavy atom. The predicted octanol–water partition coefficient (Wildman–Crippen LogP) is 5.19. The van der Waals surface area contributed by atoms with E-state index in [1.807, 2.05) is 13.8 Å². The largest absolute Gasteiger partial charge is 0.394 e. The quantitative estimate of drug-likeness (QED) is 0.285. The van der Waals surface area contributed by atoms with E-state index in [1.165, 1.54) is 23.3 Å². The topological polar surface area (TPSA) is 123 Å². The van der Waals surface area contributed by atoms with Crippen LogP contribution in [-0.2, 0) is 11.2 Å². The van der Waals surface area contributed by atoms with Gasteiger partial charge in [-0.3, -0.25) is 24.1 Å². The smallest absolute Gasteiger partial charge is 0.339 e. The molecule has 0 aromatic carbocycles. The molecule has 10 nitrogen and oxygen atoms in total. The molecule has 1 aliphatic rings. The number of nitrogens with zero attached hydrogens (tertiary/aromatic N) is 5. The van der Waals surface area contributed by atoms with Crippen LogP contribution in [0.3, 0.4) is 0 Å². The van der Waals surface area contributed by atoms with Crippen LogP contribution < -0.4 is 10.6 Å². The third-order valence-corrected chi connectivity index (χ3v) is 7.63. The Labute approximate surface area is 235 Å². The zero-order chi connectivity index (χ0) is 29.9. The Hall–Kier alpha value is -3.71. The molecule has 3 aromatic heterocycles. The summed E-state index contributed by atoms with van der Waals surface area (Å²) in [5, 5.41) is 19.6. The summed E-state index contributed by atoms with van der Waals surface area (Å²) < 4.78 is 56.9. The van der Waals surface area contributed by atoms with Crippen LogP contribution in [0, 0.1) is 17.8 Å². The summed E-state index contributed by atoms with van der Waals surface area (Å²) in [5.74, 6) is -1.71. The van der Waals surface area contributed by atoms with Gasteiger partial charge in [0.1, 0.15) is 17.4 Å². The number of alkyl halides is 3. The first-order chi connectivity index (χ1) is 19.4. The van der Waals surface area contributed by atoms with Gasteiger partial charge in [-0.05, 0) is 51.0 Å². The number of amides is 2. The minimum absolute atomic E-state index is 0.0770. The summed E-state index contributed by atoms with van der Waals surface area (Å²) in [5.41, 5.74) is 0.167. The van der Waals surface area contributed by atoms with Crippen molar-refractivity contribution in [2.75, 3.05) is 5.32 Å². The second-order valence-corrected chi connectivity index (χ2v) is 11.0. The maximum Gasteiger partial charge on any atom is 0.394 e. The van der Waals surface area contributed by atoms with Crippen molar-refractivity contribution in [2.45, 2.75) is 90.5 Å². The Morgan fingerprint density at radius 3 is 2.54 bits per heavy atom. The summed E-state index contributed by atoms with van der Waals surface area (Å²) in [4.78, 5) is 26.8. The highest BCUT2D eigenvalue weighted by Crippen LogP contribution is 2.32. The van der Waals surface area contributed by atoms with E-state index in [0.717, 1.165) is 12.8 Å². The Balaban J connectivity index is 1.56. The summed E-state index contributed by atoms with van der Waals surface area (Å²) in [6.45, 7) is 7.63. The van der Waals surface area contributed by atoms with E-state index in [2.05, 4.69) is 38.0 Å². The molecule has 14 heteroatoms. The van der Waals surface area contributed by atoms with Crippen LogP contribution in [-0.4, -0.2) is 53.8 Å². The lowest BCUT2D eigenvalue weighted by atomic mass is 9.79. The molecule has 0 spiro atoms. The van der Waals surface area contributed by atoms with Crippen LogP contribution in [0.5, 0.6) is 0 Å². The minimum atomic E-state index is -4.46. The number of anilines is 1. The minimum Gasteiger partial charge on any atom is -0.339 e. The maximum absolute atomic E-state index is 15.0. The molecule has 1 saturated carbocycles. The summed E-state index contributed by atoms with van der Waals surface area (Å²) in [6.07, 6.45) is 1.86. The summed E-state index contributed by atoms with van der Waals surface area (Å²) in [6, 6.07) is -0.197. The number of aromatic nitrogens is 6. The van der Waals surface area contributed by atoms with Crippen LogP contribution >= 0.6 is 0 Å². The lowest BCUT2D eigenvalue weighted by Crippen LogP contribution is -2.49. The monoisotopic (exact) mass is 580 g/mol. The van der Waals surface area contributed by atoms with Crippen molar-refractivity contribution in [1.82, 2.24) is 35.1 Å². The molecule has 3 heterocycles. The van der Waals surface area contributed by atoms with Gasteiger partial charge in [-0.15, -0.1) is 5.10 Å². The second kappa shape index (κ2) is 12.4. The van der Waals surface area contributed by atoms with Crippen molar-refractivity contribution in [3.63, 3.8) is 0 Å². The molecule has 1 aliphatic carbocycles. The fourth-order valence-corrected chi connectivity index (χ4v) is 5.46. The normalized spacial score (nSPS) is 19.2. The van der Waals surface area contributed by atoms with E-state index in [9.17, 15) is 22.8 Å². The number of carbonyl (C=O) groups excluding carboxylic acids is 2. The Morgan fingerprint density at radius 1 is 1.20 bits per heavy atom. The summed E-state index contributed by atoms with van der Waals surface area (Å²) >= 11 is 0. The molecule has 0 radical (unpaired) electrons. The molecule has 2 amide bonds. The first kappa shape index (κ1) is 30.3. The number of hydrogen-bond donors (Lipinski definition) is 3. The number of carbonyl (C=O) groups is 2. The molecular weight excluding hydrogens is 544 g/mol. The predicted molar refractivity (Wildman–Crippen MR) is 143 cm³/mol. The highest BCUT2D eigenvalue weighted by molar-refractivity contribution is 6.00. The first-order valence-corrected chi connectivity index (χ1v) is 13.9. The van der Waals surface area contributed by atoms with E-state index >= 15 is 4.39 Å². The molecular formula is C27H36F4N8O2. The van der Waals surface area contributed by atoms with E-state index in [4.69, 9.17) is 0 Å². The van der Waals surface area contributed by atoms with Gasteiger partial charge in [0.25, 0.3) is 11.9 Å². The third-order valence-electron chi connectivity index (χ3n) is 7.63. The van der Waals surface area contributed by atoms with Crippen LogP contribution in [0.25, 0.3) is 0 Å². The van der Waals surface area contributed by atoms with Crippen molar-refractivity contribution in [3.8, 4) is 0 Å². The molecule has 2 atom stereocenters. The standard InChI is InChI=1S/C27H36F4N8O2/c1-5-21(18-13-32-36-19(18)12-27(29,30)31)38-14-20(24(28)37-38)34-26(41)23(17-8-6-16(4)7-9-17)35-25(40)22-10-11-33-39(22)15(2)3/h10-11,13-17,21,23H,5-9,12H2,1-4H3,(H,32,36)(H,34,41)(H,35,40)/t16?,17?,21?,23-/m0/s1. The number of halogens is 4. The first-order valence-electron chi connectivity index (χ1n) is 13.9. The zero-order valence-electron chi connectivity index (χ0n) is 23.5. The Bertz CT molecular complexity index is 1340. The number of aromatic amines is 1. The van der Waals surface area contributed by atoms with E-state index in [-0.39, 0.29) is 28.9 Å². The fraction of sp³-hybridized carbons (Fsp3) is 0.593. The van der Waals surface area contributed by atoms with Crippen molar-refractivity contribution in [3.05, 3.63) is 47.6 Å². The van der Waals surface area contributed by atoms with E-state index in [1.54, 1.807) is 17.7 Å². The number of H-pyrrole nitrogens is 1. The van der Waals surface area contributed by atoms with Gasteiger partial charge < -0.3 is 10.6 Å². The average Bonchev–Trinajstić information content (AvgIpc) is 3.64. The second-order valence-electron chi connectivity index (χ2n) is 11.0. The van der Waals surface area contributed by atoms with Crippen molar-refractivity contribution in [2.24, 2.45) is 11.8 Å². The lowest BCUT2D eigenvalue weighted by molar-refractivity contribution is -0.128. The number of hydrogen-bond acceptors (Lipinski definition) is 5. The molecule has 3 N–H and O–H groups in total. The van der Waals surface area contributed by atoms with Crippen LogP contribution in [0.1, 0.15) is 93.6 Å². The van der Waals surface area contributed by atoms with Crippen LogP contribution in [0.4, 0.5) is 23.2 Å². The van der Waals surface area contributed by atoms with Crippen molar-refractivity contribution >= 4 is 17.5 Å². The summed E-state index contributed by atoms with van der Waals surface area (Å²) in [7, 11) is 0. The van der Waals surface area contributed by atoms with Gasteiger partial charge >= 0.3 is 6.18 Å². The fourth-order valence-electron chi connectivity index (χ4n) is 5.46. The van der Waals surface area contributed by atoms with E-state index in [0.29, 0.717) is 30.9 Å². The number of rotatable bonds is 10. The maximum atomic E-state index is 15.0. The molecule has 224 valence electrons. The lowest BCUT2D eigenvalue weighted by Gasteiger charge is -2.32. The zero-order valence-corrected chi connectivity index (χ0v) is 23.5. The third kappa shape index (κ3) is 7.14. The van der Waals surface area contributed by atoms with Crippen molar-refractivity contribution in [1.29, 1.82) is 0 Å². The van der Waals surface area contributed by atoms with Gasteiger partial charge in [0.15, 0.2) is 0 Å². The van der Waals surface area contributed by atoms with Crippen LogP contribution in [0.15, 0.2) is 24.7 Å². The van der Waals surface area contributed by atoms with Gasteiger partial charge in [0.05, 0.1) is 24.9 Å². The molecule has 0 saturated heterocycles. The molecule has 0 bridgehead atoms. The Kier molecular flexibility index (Phi) is 9.17. The number of nitrogens with one attached hydrogen (secondary N) is 3. The molecule has 1 unspecified atom stereocenters. The van der Waals surface area contributed by atoms with Crippen molar-refractivity contribution < 1.29 is 27.2 Å². The molecule has 3 aromatic rings. The van der Waals surface area contributed by atoms with Gasteiger partial charge in [-0.2, -0.15) is 27.8 Å². The van der Waals surface area contributed by atoms with Crippen LogP contribution in [0.2, 0.25) is 0 Å². The molecule has 0 aliphatic heterocycles. The van der Waals surface area contributed by atoms with E-state index < -0.39 is 42.4 Å². The highest BCUT2D eigenvalue weighted by Gasteiger charge is 2.35. The SMILES string of the molecule is CCC(c1cn[nH]c1CC(F)(F)F)n1cc(NC(=O)[C@@H](NC(=O)c2ccnn2C(C)C)C2CCC(C)CC2)c(F)n1. The molecule has 4 rings (SSSR count). The van der Waals surface area contributed by atoms with Gasteiger partial charge in [0.2, 0.25) is 5.91 Å². The van der Waals surface area contributed by atoms with Gasteiger partial charge in [-0.25, -0.2) is 0 Å². The molecule has 1 fully saturated rings. The average molecular weight is 581 g/mol. The highest BCUT2D eigenvalue weighted by atomic mass is 19.4. The van der Waals surface area contributed by atoms with Gasteiger partial charge in [-0.1, -0.05) is 26.7 Å².